The number of nitrogens with one attached hydrogen (secondary N) is 1. The van der Waals surface area contributed by atoms with Gasteiger partial charge >= 0.3 is 0 Å². The summed E-state index contributed by atoms with van der Waals surface area (Å²) in [4.78, 5) is 2.46. The molecule has 0 saturated carbocycles. The number of benzene rings is 1. The first kappa shape index (κ1) is 14.9. The van der Waals surface area contributed by atoms with Gasteiger partial charge in [0.05, 0.1) is 0 Å². The Kier molecular flexibility index (Phi) is 4.64. The SMILES string of the molecule is CC(C)(C)[C@@H](c1cc(F)cc(Br)c1)N1CCNCC1. The fraction of sp³-hybridized carbons (Fsp3) is 0.600. The number of halogens is 2. The highest BCUT2D eigenvalue weighted by molar-refractivity contribution is 9.10. The molecule has 106 valence electrons. The Bertz CT molecular complexity index is 416. The van der Waals surface area contributed by atoms with Crippen LogP contribution in [0.25, 0.3) is 0 Å². The first-order valence-electron chi connectivity index (χ1n) is 6.79. The van der Waals surface area contributed by atoms with E-state index in [9.17, 15) is 4.39 Å². The molecular formula is C15H22BrFN2. The molecule has 1 fully saturated rings. The number of hydrogen-bond donors (Lipinski definition) is 1. The van der Waals surface area contributed by atoms with Crippen LogP contribution in [0.4, 0.5) is 4.39 Å². The van der Waals surface area contributed by atoms with Crippen molar-refractivity contribution in [3.63, 3.8) is 0 Å². The molecule has 0 amide bonds. The van der Waals surface area contributed by atoms with E-state index >= 15 is 0 Å². The van der Waals surface area contributed by atoms with Crippen molar-refractivity contribution in [1.82, 2.24) is 10.2 Å². The van der Waals surface area contributed by atoms with E-state index in [-0.39, 0.29) is 17.3 Å². The summed E-state index contributed by atoms with van der Waals surface area (Å²) in [5.41, 5.74) is 1.13. The summed E-state index contributed by atoms with van der Waals surface area (Å²) in [6, 6.07) is 5.46. The molecule has 1 aromatic rings. The molecule has 1 aliphatic rings. The Hall–Kier alpha value is -0.450. The molecule has 0 aliphatic carbocycles. The average Bonchev–Trinajstić information content (AvgIpc) is 2.27. The topological polar surface area (TPSA) is 15.3 Å². The van der Waals surface area contributed by atoms with Crippen molar-refractivity contribution in [1.29, 1.82) is 0 Å². The van der Waals surface area contributed by atoms with Crippen molar-refractivity contribution in [2.75, 3.05) is 26.2 Å². The minimum atomic E-state index is -0.172. The lowest BCUT2D eigenvalue weighted by molar-refractivity contribution is 0.0860. The summed E-state index contributed by atoms with van der Waals surface area (Å²) in [6.45, 7) is 10.7. The second-order valence-electron chi connectivity index (χ2n) is 6.26. The zero-order valence-corrected chi connectivity index (χ0v) is 13.4. The zero-order chi connectivity index (χ0) is 14.0. The Balaban J connectivity index is 2.36. The Morgan fingerprint density at radius 2 is 1.84 bits per heavy atom. The van der Waals surface area contributed by atoms with Crippen molar-refractivity contribution in [3.8, 4) is 0 Å². The normalized spacial score (nSPS) is 19.4. The van der Waals surface area contributed by atoms with Gasteiger partial charge in [0.2, 0.25) is 0 Å². The molecular weight excluding hydrogens is 307 g/mol. The summed E-state index contributed by atoms with van der Waals surface area (Å²) in [5, 5.41) is 3.37. The summed E-state index contributed by atoms with van der Waals surface area (Å²) in [6.07, 6.45) is 0. The van der Waals surface area contributed by atoms with Crippen molar-refractivity contribution in [2.24, 2.45) is 5.41 Å². The van der Waals surface area contributed by atoms with Gasteiger partial charge in [-0.2, -0.15) is 0 Å². The molecule has 2 nitrogen and oxygen atoms in total. The highest BCUT2D eigenvalue weighted by Gasteiger charge is 2.32. The van der Waals surface area contributed by atoms with Gasteiger partial charge in [-0.05, 0) is 29.2 Å². The van der Waals surface area contributed by atoms with Crippen LogP contribution in [0.2, 0.25) is 0 Å². The van der Waals surface area contributed by atoms with Crippen molar-refractivity contribution < 1.29 is 4.39 Å². The maximum atomic E-state index is 13.7. The van der Waals surface area contributed by atoms with Crippen molar-refractivity contribution >= 4 is 15.9 Å². The first-order valence-corrected chi connectivity index (χ1v) is 7.58. The fourth-order valence-corrected chi connectivity index (χ4v) is 3.41. The van der Waals surface area contributed by atoms with Crippen LogP contribution in [0.1, 0.15) is 32.4 Å². The number of hydrogen-bond acceptors (Lipinski definition) is 2. The number of piperazine rings is 1. The summed E-state index contributed by atoms with van der Waals surface area (Å²) in [7, 11) is 0. The lowest BCUT2D eigenvalue weighted by atomic mass is 9.81. The van der Waals surface area contributed by atoms with E-state index in [1.165, 1.54) is 6.07 Å². The van der Waals surface area contributed by atoms with E-state index < -0.39 is 0 Å². The molecule has 1 saturated heterocycles. The monoisotopic (exact) mass is 328 g/mol. The average molecular weight is 329 g/mol. The van der Waals surface area contributed by atoms with Crippen LogP contribution in [0.3, 0.4) is 0 Å². The Morgan fingerprint density at radius 1 is 1.21 bits per heavy atom. The third-order valence-corrected chi connectivity index (χ3v) is 4.00. The molecule has 2 rings (SSSR count). The van der Waals surface area contributed by atoms with Gasteiger partial charge in [-0.1, -0.05) is 36.7 Å². The standard InChI is InChI=1S/C15H22BrFN2/c1-15(2,3)14(19-6-4-18-5-7-19)11-8-12(16)10-13(17)9-11/h8-10,14,18H,4-7H2,1-3H3/t14-/m1/s1. The Labute approximate surface area is 123 Å². The Morgan fingerprint density at radius 3 is 2.37 bits per heavy atom. The molecule has 0 spiro atoms. The van der Waals surface area contributed by atoms with Crippen molar-refractivity contribution in [3.05, 3.63) is 34.1 Å². The van der Waals surface area contributed by atoms with Crippen molar-refractivity contribution in [2.45, 2.75) is 26.8 Å². The van der Waals surface area contributed by atoms with Crippen LogP contribution in [0.5, 0.6) is 0 Å². The van der Waals surface area contributed by atoms with E-state index in [0.29, 0.717) is 0 Å². The van der Waals surface area contributed by atoms with Gasteiger partial charge in [0, 0.05) is 36.7 Å². The maximum Gasteiger partial charge on any atom is 0.124 e. The second kappa shape index (κ2) is 5.90. The van der Waals surface area contributed by atoms with Crippen LogP contribution < -0.4 is 5.32 Å². The van der Waals surface area contributed by atoms with E-state index in [4.69, 9.17) is 0 Å². The van der Waals surface area contributed by atoms with Crippen LogP contribution in [-0.4, -0.2) is 31.1 Å². The molecule has 0 radical (unpaired) electrons. The van der Waals surface area contributed by atoms with Crippen LogP contribution >= 0.6 is 15.9 Å². The summed E-state index contributed by atoms with van der Waals surface area (Å²) < 4.78 is 14.5. The molecule has 0 aromatic heterocycles. The molecule has 1 heterocycles. The smallest absolute Gasteiger partial charge is 0.124 e. The molecule has 4 heteroatoms. The predicted octanol–water partition coefficient (Wildman–Crippen LogP) is 3.58. The molecule has 1 N–H and O–H groups in total. The number of nitrogens with zero attached hydrogens (tertiary/aromatic N) is 1. The molecule has 1 aromatic carbocycles. The molecule has 0 unspecified atom stereocenters. The van der Waals surface area contributed by atoms with Gasteiger partial charge in [0.1, 0.15) is 5.82 Å². The second-order valence-corrected chi connectivity index (χ2v) is 7.17. The van der Waals surface area contributed by atoms with Gasteiger partial charge < -0.3 is 5.32 Å². The summed E-state index contributed by atoms with van der Waals surface area (Å²) >= 11 is 3.40. The van der Waals surface area contributed by atoms with Crippen LogP contribution in [0.15, 0.2) is 22.7 Å². The fourth-order valence-electron chi connectivity index (χ4n) is 2.93. The van der Waals surface area contributed by atoms with Gasteiger partial charge in [-0.25, -0.2) is 4.39 Å². The van der Waals surface area contributed by atoms with E-state index in [1.54, 1.807) is 6.07 Å². The quantitative estimate of drug-likeness (QED) is 0.892. The van der Waals surface area contributed by atoms with Gasteiger partial charge in [0.25, 0.3) is 0 Å². The maximum absolute atomic E-state index is 13.7. The van der Waals surface area contributed by atoms with Crippen LogP contribution in [-0.2, 0) is 0 Å². The lowest BCUT2D eigenvalue weighted by Crippen LogP contribution is -2.48. The minimum absolute atomic E-state index is 0.0740. The molecule has 0 bridgehead atoms. The first-order chi connectivity index (χ1) is 8.88. The molecule has 1 aliphatic heterocycles. The number of rotatable bonds is 2. The highest BCUT2D eigenvalue weighted by Crippen LogP contribution is 2.39. The van der Waals surface area contributed by atoms with Gasteiger partial charge in [-0.3, -0.25) is 4.90 Å². The van der Waals surface area contributed by atoms with Gasteiger partial charge in [0.15, 0.2) is 0 Å². The highest BCUT2D eigenvalue weighted by atomic mass is 79.9. The van der Waals surface area contributed by atoms with E-state index in [0.717, 1.165) is 36.2 Å². The van der Waals surface area contributed by atoms with Crippen LogP contribution in [0, 0.1) is 11.2 Å². The van der Waals surface area contributed by atoms with E-state index in [2.05, 4.69) is 46.9 Å². The largest absolute Gasteiger partial charge is 0.314 e. The lowest BCUT2D eigenvalue weighted by Gasteiger charge is -2.42. The molecule has 1 atom stereocenters. The zero-order valence-electron chi connectivity index (χ0n) is 11.8. The van der Waals surface area contributed by atoms with E-state index in [1.807, 2.05) is 6.07 Å². The van der Waals surface area contributed by atoms with Gasteiger partial charge in [-0.15, -0.1) is 0 Å². The predicted molar refractivity (Wildman–Crippen MR) is 80.7 cm³/mol. The molecule has 19 heavy (non-hydrogen) atoms. The third kappa shape index (κ3) is 3.77. The summed E-state index contributed by atoms with van der Waals surface area (Å²) in [5.74, 6) is -0.172. The third-order valence-electron chi connectivity index (χ3n) is 3.54. The minimum Gasteiger partial charge on any atom is -0.314 e.